The Balaban J connectivity index is 1.74. The lowest BCUT2D eigenvalue weighted by Gasteiger charge is -2.14. The molecule has 0 aliphatic heterocycles. The molecule has 0 radical (unpaired) electrons. The van der Waals surface area contributed by atoms with Crippen molar-refractivity contribution in [3.63, 3.8) is 0 Å². The Labute approximate surface area is 128 Å². The van der Waals surface area contributed by atoms with Gasteiger partial charge in [-0.1, -0.05) is 48.5 Å². The summed E-state index contributed by atoms with van der Waals surface area (Å²) in [6.07, 6.45) is 0. The number of amides is 1. The molecule has 0 N–H and O–H groups in total. The van der Waals surface area contributed by atoms with Gasteiger partial charge in [0.1, 0.15) is 0 Å². The Morgan fingerprint density at radius 2 is 1.68 bits per heavy atom. The molecule has 1 amide bonds. The van der Waals surface area contributed by atoms with E-state index < -0.39 is 0 Å². The Morgan fingerprint density at radius 1 is 1.05 bits per heavy atom. The zero-order valence-corrected chi connectivity index (χ0v) is 12.1. The van der Waals surface area contributed by atoms with E-state index in [1.54, 1.807) is 11.9 Å². The fraction of sp³-hybridized carbons (Fsp3) is 0.125. The molecule has 22 heavy (non-hydrogen) atoms. The van der Waals surface area contributed by atoms with Crippen LogP contribution in [-0.4, -0.2) is 38.1 Å². The Kier molecular flexibility index (Phi) is 3.91. The molecule has 0 bridgehead atoms. The van der Waals surface area contributed by atoms with Crippen LogP contribution >= 0.6 is 0 Å². The van der Waals surface area contributed by atoms with Crippen LogP contribution in [0.15, 0.2) is 60.7 Å². The summed E-state index contributed by atoms with van der Waals surface area (Å²) in [5.41, 5.74) is 1.81. The molecule has 6 heteroatoms. The summed E-state index contributed by atoms with van der Waals surface area (Å²) >= 11 is 0. The molecule has 2 aromatic carbocycles. The minimum atomic E-state index is -0.258. The topological polar surface area (TPSA) is 63.9 Å². The van der Waals surface area contributed by atoms with E-state index in [1.807, 2.05) is 60.7 Å². The van der Waals surface area contributed by atoms with Crippen LogP contribution in [0.1, 0.15) is 16.2 Å². The smallest absolute Gasteiger partial charge is 0.295 e. The summed E-state index contributed by atoms with van der Waals surface area (Å²) in [6, 6.07) is 19.1. The van der Waals surface area contributed by atoms with Crippen LogP contribution in [0.25, 0.3) is 5.69 Å². The monoisotopic (exact) mass is 293 g/mol. The maximum atomic E-state index is 12.3. The lowest BCUT2D eigenvalue weighted by atomic mass is 10.2. The molecule has 1 aromatic heterocycles. The third kappa shape index (κ3) is 3.01. The van der Waals surface area contributed by atoms with Crippen LogP contribution in [0.4, 0.5) is 0 Å². The zero-order valence-electron chi connectivity index (χ0n) is 12.1. The van der Waals surface area contributed by atoms with Crippen LogP contribution in [-0.2, 0) is 6.54 Å². The highest BCUT2D eigenvalue weighted by Crippen LogP contribution is 2.07. The van der Waals surface area contributed by atoms with Gasteiger partial charge in [0.15, 0.2) is 0 Å². The lowest BCUT2D eigenvalue weighted by Crippen LogP contribution is -2.27. The fourth-order valence-electron chi connectivity index (χ4n) is 2.07. The summed E-state index contributed by atoms with van der Waals surface area (Å²) in [5.74, 6) is -0.173. The molecular weight excluding hydrogens is 278 g/mol. The number of nitrogens with zero attached hydrogens (tertiary/aromatic N) is 5. The van der Waals surface area contributed by atoms with Crippen LogP contribution < -0.4 is 0 Å². The van der Waals surface area contributed by atoms with E-state index >= 15 is 0 Å². The molecule has 0 unspecified atom stereocenters. The quantitative estimate of drug-likeness (QED) is 0.737. The largest absolute Gasteiger partial charge is 0.335 e. The first-order valence-electron chi connectivity index (χ1n) is 6.89. The number of carbonyl (C=O) groups excluding carboxylic acids is 1. The molecule has 0 saturated heterocycles. The van der Waals surface area contributed by atoms with E-state index in [2.05, 4.69) is 15.4 Å². The van der Waals surface area contributed by atoms with Gasteiger partial charge in [0.2, 0.25) is 0 Å². The van der Waals surface area contributed by atoms with Gasteiger partial charge in [0.05, 0.1) is 5.69 Å². The summed E-state index contributed by atoms with van der Waals surface area (Å²) in [7, 11) is 1.72. The molecule has 3 aromatic rings. The third-order valence-electron chi connectivity index (χ3n) is 3.20. The van der Waals surface area contributed by atoms with Crippen molar-refractivity contribution in [3.05, 3.63) is 72.1 Å². The Hall–Kier alpha value is -3.02. The standard InChI is InChI=1S/C16H15N5O/c1-20(12-13-8-4-2-5-9-13)16(22)15-17-19-21(18-15)14-10-6-3-7-11-14/h2-11H,12H2,1H3. The van der Waals surface area contributed by atoms with E-state index in [4.69, 9.17) is 0 Å². The second-order valence-electron chi connectivity index (χ2n) is 4.88. The average molecular weight is 293 g/mol. The van der Waals surface area contributed by atoms with Crippen molar-refractivity contribution in [2.24, 2.45) is 0 Å². The number of carbonyl (C=O) groups is 1. The summed E-state index contributed by atoms with van der Waals surface area (Å²) in [5, 5.41) is 11.9. The van der Waals surface area contributed by atoms with Gasteiger partial charge in [-0.05, 0) is 22.9 Å². The highest BCUT2D eigenvalue weighted by Gasteiger charge is 2.18. The second kappa shape index (κ2) is 6.17. The van der Waals surface area contributed by atoms with Crippen molar-refractivity contribution < 1.29 is 4.79 Å². The number of hydrogen-bond acceptors (Lipinski definition) is 4. The molecule has 0 saturated carbocycles. The third-order valence-corrected chi connectivity index (χ3v) is 3.20. The average Bonchev–Trinajstić information content (AvgIpc) is 3.06. The number of benzene rings is 2. The number of tetrazole rings is 1. The minimum absolute atomic E-state index is 0.0854. The molecule has 0 atom stereocenters. The van der Waals surface area contributed by atoms with Gasteiger partial charge in [-0.3, -0.25) is 4.79 Å². The first-order valence-corrected chi connectivity index (χ1v) is 6.89. The van der Waals surface area contributed by atoms with Gasteiger partial charge in [-0.15, -0.1) is 15.0 Å². The predicted octanol–water partition coefficient (Wildman–Crippen LogP) is 1.93. The van der Waals surface area contributed by atoms with Crippen LogP contribution in [0.5, 0.6) is 0 Å². The Morgan fingerprint density at radius 3 is 2.36 bits per heavy atom. The van der Waals surface area contributed by atoms with Gasteiger partial charge in [0, 0.05) is 13.6 Å². The van der Waals surface area contributed by atoms with Crippen molar-refractivity contribution in [1.29, 1.82) is 0 Å². The van der Waals surface area contributed by atoms with Crippen LogP contribution in [0.2, 0.25) is 0 Å². The number of rotatable bonds is 4. The Bertz CT molecular complexity index is 754. The van der Waals surface area contributed by atoms with Gasteiger partial charge in [-0.2, -0.15) is 0 Å². The molecule has 0 fully saturated rings. The molecule has 3 rings (SSSR count). The predicted molar refractivity (Wildman–Crippen MR) is 81.4 cm³/mol. The number of hydrogen-bond donors (Lipinski definition) is 0. The maximum Gasteiger partial charge on any atom is 0.295 e. The minimum Gasteiger partial charge on any atom is -0.335 e. The van der Waals surface area contributed by atoms with Crippen LogP contribution in [0, 0.1) is 0 Å². The summed E-state index contributed by atoms with van der Waals surface area (Å²) < 4.78 is 0. The first kappa shape index (κ1) is 13.9. The molecule has 0 aliphatic carbocycles. The molecular formula is C16H15N5O. The highest BCUT2D eigenvalue weighted by atomic mass is 16.2. The molecule has 0 spiro atoms. The zero-order chi connectivity index (χ0) is 15.4. The van der Waals surface area contributed by atoms with E-state index in [9.17, 15) is 4.79 Å². The molecule has 1 heterocycles. The van der Waals surface area contributed by atoms with E-state index in [-0.39, 0.29) is 11.7 Å². The van der Waals surface area contributed by atoms with Crippen molar-refractivity contribution in [2.45, 2.75) is 6.54 Å². The van der Waals surface area contributed by atoms with E-state index in [0.29, 0.717) is 6.54 Å². The lowest BCUT2D eigenvalue weighted by molar-refractivity contribution is 0.0773. The molecule has 0 aliphatic rings. The summed E-state index contributed by atoms with van der Waals surface area (Å²) in [4.78, 5) is 15.3. The van der Waals surface area contributed by atoms with Crippen molar-refractivity contribution in [1.82, 2.24) is 25.1 Å². The van der Waals surface area contributed by atoms with E-state index in [0.717, 1.165) is 11.3 Å². The van der Waals surface area contributed by atoms with E-state index in [1.165, 1.54) is 4.80 Å². The molecule has 110 valence electrons. The highest BCUT2D eigenvalue weighted by molar-refractivity contribution is 5.89. The van der Waals surface area contributed by atoms with Crippen LogP contribution in [0.3, 0.4) is 0 Å². The number of para-hydroxylation sites is 1. The van der Waals surface area contributed by atoms with Gasteiger partial charge in [-0.25, -0.2) is 0 Å². The SMILES string of the molecule is CN(Cc1ccccc1)C(=O)c1nnn(-c2ccccc2)n1. The maximum absolute atomic E-state index is 12.3. The normalized spacial score (nSPS) is 10.4. The van der Waals surface area contributed by atoms with Crippen molar-refractivity contribution in [2.75, 3.05) is 7.05 Å². The van der Waals surface area contributed by atoms with Gasteiger partial charge >= 0.3 is 0 Å². The van der Waals surface area contributed by atoms with Gasteiger partial charge < -0.3 is 4.90 Å². The second-order valence-corrected chi connectivity index (χ2v) is 4.88. The molecule has 6 nitrogen and oxygen atoms in total. The fourth-order valence-corrected chi connectivity index (χ4v) is 2.07. The van der Waals surface area contributed by atoms with Crippen molar-refractivity contribution >= 4 is 5.91 Å². The van der Waals surface area contributed by atoms with Crippen molar-refractivity contribution in [3.8, 4) is 5.69 Å². The number of aromatic nitrogens is 4. The first-order chi connectivity index (χ1) is 10.7. The summed E-state index contributed by atoms with van der Waals surface area (Å²) in [6.45, 7) is 0.500. The van der Waals surface area contributed by atoms with Gasteiger partial charge in [0.25, 0.3) is 11.7 Å².